The second kappa shape index (κ2) is 6.88. The number of aryl methyl sites for hydroxylation is 1. The van der Waals surface area contributed by atoms with Gasteiger partial charge in [0.05, 0.1) is 11.1 Å². The number of ether oxygens (including phenoxy) is 1. The highest BCUT2D eigenvalue weighted by atomic mass is 79.9. The smallest absolute Gasteiger partial charge is 0.170 e. The van der Waals surface area contributed by atoms with Crippen LogP contribution < -0.4 is 10.6 Å². The normalized spacial score (nSPS) is 10.1. The summed E-state index contributed by atoms with van der Waals surface area (Å²) in [5.74, 6) is -0.286. The first-order valence-corrected chi connectivity index (χ1v) is 6.24. The number of benzene rings is 1. The van der Waals surface area contributed by atoms with Gasteiger partial charge >= 0.3 is 0 Å². The van der Waals surface area contributed by atoms with Crippen molar-refractivity contribution < 1.29 is 9.13 Å². The van der Waals surface area contributed by atoms with E-state index in [4.69, 9.17) is 17.0 Å². The summed E-state index contributed by atoms with van der Waals surface area (Å²) in [6.07, 6.45) is 0. The van der Waals surface area contributed by atoms with Gasteiger partial charge in [0.2, 0.25) is 0 Å². The van der Waals surface area contributed by atoms with Gasteiger partial charge in [0.1, 0.15) is 5.82 Å². The molecule has 1 aromatic rings. The van der Waals surface area contributed by atoms with Gasteiger partial charge in [-0.2, -0.15) is 0 Å². The number of hydrogen-bond donors (Lipinski definition) is 2. The van der Waals surface area contributed by atoms with Crippen LogP contribution in [0.2, 0.25) is 0 Å². The van der Waals surface area contributed by atoms with Crippen LogP contribution in [-0.4, -0.2) is 25.4 Å². The number of hydrogen-bond acceptors (Lipinski definition) is 2. The summed E-state index contributed by atoms with van der Waals surface area (Å²) in [6, 6.07) is 3.11. The summed E-state index contributed by atoms with van der Waals surface area (Å²) in [6.45, 7) is 3.02. The summed E-state index contributed by atoms with van der Waals surface area (Å²) in [5.41, 5.74) is 1.56. The Morgan fingerprint density at radius 3 is 2.88 bits per heavy atom. The first-order chi connectivity index (χ1) is 8.04. The largest absolute Gasteiger partial charge is 0.383 e. The number of rotatable bonds is 4. The van der Waals surface area contributed by atoms with Crippen molar-refractivity contribution in [2.24, 2.45) is 0 Å². The highest BCUT2D eigenvalue weighted by Gasteiger charge is 2.06. The van der Waals surface area contributed by atoms with Gasteiger partial charge in [-0.25, -0.2) is 4.39 Å². The van der Waals surface area contributed by atoms with E-state index < -0.39 is 0 Å². The zero-order valence-corrected chi connectivity index (χ0v) is 12.0. The Hall–Kier alpha value is -0.720. The van der Waals surface area contributed by atoms with Crippen molar-refractivity contribution in [3.63, 3.8) is 0 Å². The minimum absolute atomic E-state index is 0.286. The molecule has 0 aliphatic rings. The van der Waals surface area contributed by atoms with E-state index in [1.807, 2.05) is 6.92 Å². The van der Waals surface area contributed by atoms with Crippen molar-refractivity contribution >= 4 is 38.9 Å². The van der Waals surface area contributed by atoms with E-state index >= 15 is 0 Å². The molecule has 1 aromatic carbocycles. The Bertz CT molecular complexity index is 415. The molecule has 0 unspecified atom stereocenters. The van der Waals surface area contributed by atoms with E-state index in [0.29, 0.717) is 22.7 Å². The molecule has 0 fully saturated rings. The Balaban J connectivity index is 2.62. The summed E-state index contributed by atoms with van der Waals surface area (Å²) in [5, 5.41) is 6.47. The lowest BCUT2D eigenvalue weighted by atomic mass is 10.2. The van der Waals surface area contributed by atoms with E-state index in [0.717, 1.165) is 11.3 Å². The molecule has 17 heavy (non-hydrogen) atoms. The van der Waals surface area contributed by atoms with Gasteiger partial charge in [-0.15, -0.1) is 0 Å². The zero-order valence-electron chi connectivity index (χ0n) is 9.64. The van der Waals surface area contributed by atoms with Crippen LogP contribution in [0.3, 0.4) is 0 Å². The average Bonchev–Trinajstić information content (AvgIpc) is 2.26. The summed E-state index contributed by atoms with van der Waals surface area (Å²) >= 11 is 8.23. The summed E-state index contributed by atoms with van der Waals surface area (Å²) in [4.78, 5) is 0. The van der Waals surface area contributed by atoms with Crippen LogP contribution in [0.1, 0.15) is 5.56 Å². The standard InChI is InChI=1S/C11H14BrFN2OS/c1-7-5-9(13)8(12)6-10(7)15-11(17)14-3-4-16-2/h5-6H,3-4H2,1-2H3,(H2,14,15,17). The number of nitrogens with one attached hydrogen (secondary N) is 2. The maximum Gasteiger partial charge on any atom is 0.170 e. The predicted octanol–water partition coefficient (Wildman–Crippen LogP) is 2.83. The number of methoxy groups -OCH3 is 1. The molecule has 0 spiro atoms. The molecule has 0 radical (unpaired) electrons. The monoisotopic (exact) mass is 320 g/mol. The third kappa shape index (κ3) is 4.57. The first kappa shape index (κ1) is 14.3. The Morgan fingerprint density at radius 2 is 2.24 bits per heavy atom. The molecule has 1 rings (SSSR count). The van der Waals surface area contributed by atoms with Crippen LogP contribution in [0.5, 0.6) is 0 Å². The van der Waals surface area contributed by atoms with Crippen molar-refractivity contribution in [2.45, 2.75) is 6.92 Å². The fraction of sp³-hybridized carbons (Fsp3) is 0.364. The van der Waals surface area contributed by atoms with Crippen LogP contribution >= 0.6 is 28.1 Å². The van der Waals surface area contributed by atoms with E-state index in [2.05, 4.69) is 26.6 Å². The fourth-order valence-corrected chi connectivity index (χ4v) is 1.77. The SMILES string of the molecule is COCCNC(=S)Nc1cc(Br)c(F)cc1C. The third-order valence-corrected chi connectivity index (χ3v) is 2.96. The molecule has 0 bridgehead atoms. The molecule has 0 aliphatic carbocycles. The lowest BCUT2D eigenvalue weighted by Gasteiger charge is -2.12. The molecule has 0 saturated carbocycles. The van der Waals surface area contributed by atoms with Gasteiger partial charge in [0.15, 0.2) is 5.11 Å². The molecule has 2 N–H and O–H groups in total. The van der Waals surface area contributed by atoms with Crippen LogP contribution in [0.25, 0.3) is 0 Å². The molecule has 0 amide bonds. The van der Waals surface area contributed by atoms with Crippen LogP contribution in [0.4, 0.5) is 10.1 Å². The minimum atomic E-state index is -0.286. The fourth-order valence-electron chi connectivity index (χ4n) is 1.21. The Morgan fingerprint density at radius 1 is 1.53 bits per heavy atom. The minimum Gasteiger partial charge on any atom is -0.383 e. The van der Waals surface area contributed by atoms with Gasteiger partial charge in [0, 0.05) is 19.3 Å². The van der Waals surface area contributed by atoms with Gasteiger partial charge in [-0.05, 0) is 52.8 Å². The van der Waals surface area contributed by atoms with E-state index in [1.165, 1.54) is 6.07 Å². The Kier molecular flexibility index (Phi) is 5.80. The second-order valence-corrected chi connectivity index (χ2v) is 4.72. The molecule has 0 saturated heterocycles. The molecule has 6 heteroatoms. The molecule has 94 valence electrons. The van der Waals surface area contributed by atoms with Crippen LogP contribution in [0.15, 0.2) is 16.6 Å². The maximum atomic E-state index is 13.2. The molecule has 0 aromatic heterocycles. The van der Waals surface area contributed by atoms with Gasteiger partial charge in [0.25, 0.3) is 0 Å². The quantitative estimate of drug-likeness (QED) is 0.660. The second-order valence-electron chi connectivity index (χ2n) is 3.45. The lowest BCUT2D eigenvalue weighted by Crippen LogP contribution is -2.31. The van der Waals surface area contributed by atoms with Crippen LogP contribution in [-0.2, 0) is 4.74 Å². The number of anilines is 1. The molecule has 0 heterocycles. The average molecular weight is 321 g/mol. The number of halogens is 2. The third-order valence-electron chi connectivity index (χ3n) is 2.11. The highest BCUT2D eigenvalue weighted by Crippen LogP contribution is 2.24. The van der Waals surface area contributed by atoms with E-state index in [-0.39, 0.29) is 5.82 Å². The predicted molar refractivity (Wildman–Crippen MR) is 74.9 cm³/mol. The van der Waals surface area contributed by atoms with E-state index in [1.54, 1.807) is 13.2 Å². The van der Waals surface area contributed by atoms with Gasteiger partial charge in [-0.1, -0.05) is 0 Å². The Labute approximate surface area is 114 Å². The van der Waals surface area contributed by atoms with Gasteiger partial charge in [-0.3, -0.25) is 0 Å². The van der Waals surface area contributed by atoms with Crippen molar-refractivity contribution in [3.8, 4) is 0 Å². The first-order valence-electron chi connectivity index (χ1n) is 5.04. The molecular formula is C11H14BrFN2OS. The van der Waals surface area contributed by atoms with Crippen molar-refractivity contribution in [2.75, 3.05) is 25.6 Å². The number of thiocarbonyl (C=S) groups is 1. The summed E-state index contributed by atoms with van der Waals surface area (Å²) in [7, 11) is 1.62. The molecular weight excluding hydrogens is 307 g/mol. The molecule has 3 nitrogen and oxygen atoms in total. The molecule has 0 atom stereocenters. The van der Waals surface area contributed by atoms with Crippen molar-refractivity contribution in [1.29, 1.82) is 0 Å². The van der Waals surface area contributed by atoms with E-state index in [9.17, 15) is 4.39 Å². The summed E-state index contributed by atoms with van der Waals surface area (Å²) < 4.78 is 18.5. The maximum absolute atomic E-state index is 13.2. The molecule has 0 aliphatic heterocycles. The topological polar surface area (TPSA) is 33.3 Å². The van der Waals surface area contributed by atoms with Crippen LogP contribution in [0, 0.1) is 12.7 Å². The van der Waals surface area contributed by atoms with Gasteiger partial charge < -0.3 is 15.4 Å². The van der Waals surface area contributed by atoms with Crippen molar-refractivity contribution in [1.82, 2.24) is 5.32 Å². The zero-order chi connectivity index (χ0) is 12.8. The highest BCUT2D eigenvalue weighted by molar-refractivity contribution is 9.10. The lowest BCUT2D eigenvalue weighted by molar-refractivity contribution is 0.204. The van der Waals surface area contributed by atoms with Crippen molar-refractivity contribution in [3.05, 3.63) is 28.0 Å².